The normalized spacial score (nSPS) is 15.0. The number of nitrogens with zero attached hydrogens (tertiary/aromatic N) is 2. The van der Waals surface area contributed by atoms with Crippen LogP contribution < -0.4 is 10.6 Å². The summed E-state index contributed by atoms with van der Waals surface area (Å²) in [5.74, 6) is -0.501. The third-order valence-electron chi connectivity index (χ3n) is 4.30. The lowest BCUT2D eigenvalue weighted by atomic mass is 10.1. The minimum absolute atomic E-state index is 0.0257. The number of carbonyl (C=O) groups excluding carboxylic acids is 2. The zero-order valence-corrected chi connectivity index (χ0v) is 16.2. The summed E-state index contributed by atoms with van der Waals surface area (Å²) in [4.78, 5) is 25.7. The van der Waals surface area contributed by atoms with Gasteiger partial charge in [-0.05, 0) is 44.4 Å². The number of piperidine rings is 1. The number of nitrogens with one attached hydrogen (secondary N) is 2. The second-order valence-electron chi connectivity index (χ2n) is 6.21. The van der Waals surface area contributed by atoms with Crippen molar-refractivity contribution in [1.82, 2.24) is 10.2 Å². The smallest absolute Gasteiger partial charge is 0.409 e. The van der Waals surface area contributed by atoms with Gasteiger partial charge in [-0.2, -0.15) is 5.26 Å². The molecule has 0 saturated carbocycles. The number of likely N-dealkylation sites (tertiary alicyclic amines) is 1. The number of ether oxygens (including phenoxy) is 1. The minimum Gasteiger partial charge on any atom is -0.450 e. The summed E-state index contributed by atoms with van der Waals surface area (Å²) in [7, 11) is 0. The maximum Gasteiger partial charge on any atom is 0.409 e. The zero-order chi connectivity index (χ0) is 19.8. The number of rotatable bonds is 5. The fourth-order valence-corrected chi connectivity index (χ4v) is 2.88. The van der Waals surface area contributed by atoms with Gasteiger partial charge in [-0.3, -0.25) is 4.79 Å². The van der Waals surface area contributed by atoms with Crippen molar-refractivity contribution in [3.63, 3.8) is 0 Å². The first-order valence-corrected chi connectivity index (χ1v) is 9.18. The first kappa shape index (κ1) is 20.6. The van der Waals surface area contributed by atoms with Crippen LogP contribution in [0.3, 0.4) is 0 Å². The van der Waals surface area contributed by atoms with E-state index in [1.165, 1.54) is 6.20 Å². The van der Waals surface area contributed by atoms with E-state index in [4.69, 9.17) is 16.3 Å². The average Bonchev–Trinajstić information content (AvgIpc) is 2.66. The Morgan fingerprint density at radius 2 is 2.11 bits per heavy atom. The number of amides is 2. The maximum atomic E-state index is 12.3. The monoisotopic (exact) mass is 390 g/mol. The van der Waals surface area contributed by atoms with Gasteiger partial charge in [0.05, 0.1) is 6.61 Å². The van der Waals surface area contributed by atoms with Crippen molar-refractivity contribution < 1.29 is 14.3 Å². The summed E-state index contributed by atoms with van der Waals surface area (Å²) in [6.45, 7) is 5.11. The highest BCUT2D eigenvalue weighted by molar-refractivity contribution is 6.31. The Morgan fingerprint density at radius 1 is 1.41 bits per heavy atom. The van der Waals surface area contributed by atoms with Gasteiger partial charge < -0.3 is 20.3 Å². The van der Waals surface area contributed by atoms with Gasteiger partial charge in [0.15, 0.2) is 0 Å². The third kappa shape index (κ3) is 5.90. The van der Waals surface area contributed by atoms with Gasteiger partial charge in [0, 0.05) is 36.0 Å². The van der Waals surface area contributed by atoms with Gasteiger partial charge in [0.1, 0.15) is 11.6 Å². The van der Waals surface area contributed by atoms with Crippen molar-refractivity contribution in [3.8, 4) is 6.07 Å². The first-order valence-electron chi connectivity index (χ1n) is 8.80. The van der Waals surface area contributed by atoms with Crippen LogP contribution in [0, 0.1) is 18.3 Å². The van der Waals surface area contributed by atoms with Crippen molar-refractivity contribution in [2.75, 3.05) is 25.0 Å². The van der Waals surface area contributed by atoms with E-state index in [0.717, 1.165) is 5.56 Å². The van der Waals surface area contributed by atoms with Crippen molar-refractivity contribution >= 4 is 29.3 Å². The molecular formula is C19H23ClN4O3. The van der Waals surface area contributed by atoms with E-state index in [1.54, 1.807) is 30.0 Å². The summed E-state index contributed by atoms with van der Waals surface area (Å²) in [6.07, 6.45) is 2.55. The van der Waals surface area contributed by atoms with E-state index in [1.807, 2.05) is 13.0 Å². The van der Waals surface area contributed by atoms with Crippen LogP contribution in [-0.4, -0.2) is 42.6 Å². The number of hydrogen-bond donors (Lipinski definition) is 2. The lowest BCUT2D eigenvalue weighted by Crippen LogP contribution is -2.44. The van der Waals surface area contributed by atoms with Gasteiger partial charge in [0.2, 0.25) is 0 Å². The molecule has 0 radical (unpaired) electrons. The topological polar surface area (TPSA) is 94.5 Å². The molecule has 8 heteroatoms. The number of anilines is 1. The molecule has 1 saturated heterocycles. The SMILES string of the molecule is CCOC(=O)N1CCC(N/C=C(/C#N)C(=O)Nc2cc(Cl)ccc2C)CC1. The lowest BCUT2D eigenvalue weighted by molar-refractivity contribution is -0.112. The second-order valence-corrected chi connectivity index (χ2v) is 6.65. The highest BCUT2D eigenvalue weighted by Gasteiger charge is 2.23. The second kappa shape index (κ2) is 9.83. The Bertz CT molecular complexity index is 765. The predicted octanol–water partition coefficient (Wildman–Crippen LogP) is 3.20. The number of nitriles is 1. The van der Waals surface area contributed by atoms with Crippen LogP contribution in [0.5, 0.6) is 0 Å². The van der Waals surface area contributed by atoms with E-state index in [2.05, 4.69) is 10.6 Å². The number of hydrogen-bond acceptors (Lipinski definition) is 5. The summed E-state index contributed by atoms with van der Waals surface area (Å²) >= 11 is 5.95. The van der Waals surface area contributed by atoms with Crippen LogP contribution in [0.1, 0.15) is 25.3 Å². The Morgan fingerprint density at radius 3 is 2.74 bits per heavy atom. The Balaban J connectivity index is 1.91. The molecule has 1 aliphatic heterocycles. The number of aryl methyl sites for hydroxylation is 1. The van der Waals surface area contributed by atoms with Crippen molar-refractivity contribution in [1.29, 1.82) is 5.26 Å². The number of halogens is 1. The molecule has 1 heterocycles. The summed E-state index contributed by atoms with van der Waals surface area (Å²) in [5.41, 5.74) is 1.39. The number of carbonyl (C=O) groups is 2. The van der Waals surface area contributed by atoms with Crippen LogP contribution in [0.2, 0.25) is 5.02 Å². The van der Waals surface area contributed by atoms with Gasteiger partial charge in [-0.1, -0.05) is 17.7 Å². The highest BCUT2D eigenvalue weighted by Crippen LogP contribution is 2.20. The molecule has 2 rings (SSSR count). The standard InChI is InChI=1S/C19H23ClN4O3/c1-3-27-19(26)24-8-6-16(7-9-24)22-12-14(11-21)18(25)23-17-10-15(20)5-4-13(17)2/h4-5,10,12,16,22H,3,6-9H2,1-2H3,(H,23,25)/b14-12-. The number of benzene rings is 1. The van der Waals surface area contributed by atoms with Crippen LogP contribution in [0.25, 0.3) is 0 Å². The molecule has 0 unspecified atom stereocenters. The zero-order valence-electron chi connectivity index (χ0n) is 15.4. The Kier molecular flexibility index (Phi) is 7.50. The first-order chi connectivity index (χ1) is 12.9. The van der Waals surface area contributed by atoms with Crippen LogP contribution in [0.4, 0.5) is 10.5 Å². The Labute approximate surface area is 163 Å². The fraction of sp³-hybridized carbons (Fsp3) is 0.421. The van der Waals surface area contributed by atoms with Crippen LogP contribution >= 0.6 is 11.6 Å². The summed E-state index contributed by atoms with van der Waals surface area (Å²) < 4.78 is 4.99. The molecule has 1 fully saturated rings. The van der Waals surface area contributed by atoms with Crippen molar-refractivity contribution in [3.05, 3.63) is 40.6 Å². The van der Waals surface area contributed by atoms with Gasteiger partial charge in [-0.15, -0.1) is 0 Å². The highest BCUT2D eigenvalue weighted by atomic mass is 35.5. The van der Waals surface area contributed by atoms with E-state index in [9.17, 15) is 14.9 Å². The molecule has 1 aliphatic rings. The van der Waals surface area contributed by atoms with Crippen molar-refractivity contribution in [2.45, 2.75) is 32.7 Å². The van der Waals surface area contributed by atoms with E-state index in [0.29, 0.717) is 43.2 Å². The summed E-state index contributed by atoms with van der Waals surface area (Å²) in [5, 5.41) is 15.6. The molecule has 0 atom stereocenters. The third-order valence-corrected chi connectivity index (χ3v) is 4.53. The quantitative estimate of drug-likeness (QED) is 0.594. The lowest BCUT2D eigenvalue weighted by Gasteiger charge is -2.31. The van der Waals surface area contributed by atoms with Crippen LogP contribution in [0.15, 0.2) is 30.0 Å². The van der Waals surface area contributed by atoms with Gasteiger partial charge in [0.25, 0.3) is 5.91 Å². The molecule has 27 heavy (non-hydrogen) atoms. The molecule has 0 aromatic heterocycles. The molecule has 1 aromatic carbocycles. The molecule has 0 spiro atoms. The van der Waals surface area contributed by atoms with Gasteiger partial charge >= 0.3 is 6.09 Å². The van der Waals surface area contributed by atoms with E-state index >= 15 is 0 Å². The fourth-order valence-electron chi connectivity index (χ4n) is 2.71. The van der Waals surface area contributed by atoms with E-state index in [-0.39, 0.29) is 17.7 Å². The molecule has 7 nitrogen and oxygen atoms in total. The predicted molar refractivity (Wildman–Crippen MR) is 103 cm³/mol. The largest absolute Gasteiger partial charge is 0.450 e. The molecule has 0 bridgehead atoms. The van der Waals surface area contributed by atoms with E-state index < -0.39 is 5.91 Å². The average molecular weight is 391 g/mol. The Hall–Kier alpha value is -2.72. The molecule has 2 N–H and O–H groups in total. The van der Waals surface area contributed by atoms with Gasteiger partial charge in [-0.25, -0.2) is 4.79 Å². The molecular weight excluding hydrogens is 368 g/mol. The van der Waals surface area contributed by atoms with Crippen LogP contribution in [-0.2, 0) is 9.53 Å². The molecule has 1 aromatic rings. The maximum absolute atomic E-state index is 12.3. The molecule has 144 valence electrons. The summed E-state index contributed by atoms with van der Waals surface area (Å²) in [6, 6.07) is 7.16. The molecule has 0 aliphatic carbocycles. The minimum atomic E-state index is -0.501. The molecule has 2 amide bonds. The van der Waals surface area contributed by atoms with Crippen molar-refractivity contribution in [2.24, 2.45) is 0 Å².